The summed E-state index contributed by atoms with van der Waals surface area (Å²) in [5, 5.41) is 9.88. The predicted octanol–water partition coefficient (Wildman–Crippen LogP) is -0.481. The number of carbonyl (C=O) groups excluding carboxylic acids is 1. The summed E-state index contributed by atoms with van der Waals surface area (Å²) in [5.41, 5.74) is 4.03. The van der Waals surface area contributed by atoms with Crippen molar-refractivity contribution < 1.29 is 14.7 Å². The van der Waals surface area contributed by atoms with Gasteiger partial charge in [0.2, 0.25) is 5.91 Å². The molecular weight excluding hydrogens is 136 g/mol. The van der Waals surface area contributed by atoms with Gasteiger partial charge in [-0.3, -0.25) is 4.79 Å². The van der Waals surface area contributed by atoms with E-state index >= 15 is 0 Å². The van der Waals surface area contributed by atoms with Crippen LogP contribution in [0.3, 0.4) is 0 Å². The number of nitrogens with two attached hydrogens (primary N) is 1. The second-order valence-corrected chi connectivity index (χ2v) is 1.79. The van der Waals surface area contributed by atoms with E-state index < -0.39 is 6.09 Å². The van der Waals surface area contributed by atoms with E-state index in [4.69, 9.17) is 9.90 Å². The Morgan fingerprint density at radius 3 is 2.30 bits per heavy atom. The minimum absolute atomic E-state index is 0.204. The van der Waals surface area contributed by atoms with Crippen LogP contribution in [0.15, 0.2) is 0 Å². The lowest BCUT2D eigenvalue weighted by Crippen LogP contribution is -2.12. The molecule has 0 unspecified atom stereocenters. The molecule has 2 amide bonds. The second-order valence-electron chi connectivity index (χ2n) is 1.79. The van der Waals surface area contributed by atoms with E-state index in [9.17, 15) is 4.79 Å². The van der Waals surface area contributed by atoms with Crippen LogP contribution in [-0.4, -0.2) is 23.7 Å². The van der Waals surface area contributed by atoms with E-state index in [0.29, 0.717) is 0 Å². The Bertz CT molecular complexity index is 123. The normalized spacial score (nSPS) is 15.0. The number of carbonyl (C=O) groups is 2. The second kappa shape index (κ2) is 4.60. The van der Waals surface area contributed by atoms with Gasteiger partial charge in [-0.2, -0.15) is 0 Å². The van der Waals surface area contributed by atoms with Crippen LogP contribution in [0.4, 0.5) is 4.79 Å². The summed E-state index contributed by atoms with van der Waals surface area (Å²) in [7, 11) is 0. The molecule has 58 valence electrons. The maximum Gasteiger partial charge on any atom is 0.402 e. The Balaban J connectivity index is 0.000000180. The zero-order valence-corrected chi connectivity index (χ0v) is 5.46. The van der Waals surface area contributed by atoms with Crippen LogP contribution in [0.1, 0.15) is 12.8 Å². The number of carboxylic acid groups (broad SMARTS) is 1. The summed E-state index contributed by atoms with van der Waals surface area (Å²) in [6.45, 7) is 0.888. The summed E-state index contributed by atoms with van der Waals surface area (Å²) in [6, 6.07) is 0. The lowest BCUT2D eigenvalue weighted by Gasteiger charge is -1.80. The highest BCUT2D eigenvalue weighted by atomic mass is 16.4. The molecule has 0 spiro atoms. The van der Waals surface area contributed by atoms with Crippen LogP contribution >= 0.6 is 0 Å². The Morgan fingerprint density at radius 1 is 1.70 bits per heavy atom. The molecule has 1 aliphatic heterocycles. The highest BCUT2D eigenvalue weighted by Gasteiger charge is 2.05. The van der Waals surface area contributed by atoms with Crippen molar-refractivity contribution in [3.05, 3.63) is 0 Å². The predicted molar refractivity (Wildman–Crippen MR) is 34.5 cm³/mol. The highest BCUT2D eigenvalue weighted by molar-refractivity contribution is 5.77. The molecule has 1 fully saturated rings. The Kier molecular flexibility index (Phi) is 4.02. The Hall–Kier alpha value is -1.26. The van der Waals surface area contributed by atoms with Crippen molar-refractivity contribution in [1.82, 2.24) is 5.32 Å². The third kappa shape index (κ3) is 6.74. The average molecular weight is 146 g/mol. The molecule has 1 heterocycles. The fourth-order valence-corrected chi connectivity index (χ4v) is 0.565. The minimum Gasteiger partial charge on any atom is -0.465 e. The van der Waals surface area contributed by atoms with Crippen LogP contribution in [0.2, 0.25) is 0 Å². The largest absolute Gasteiger partial charge is 0.465 e. The summed E-state index contributed by atoms with van der Waals surface area (Å²) in [5.74, 6) is 0.204. The van der Waals surface area contributed by atoms with Crippen LogP contribution in [0.25, 0.3) is 0 Å². The number of primary amides is 1. The molecular formula is C5H10N2O3. The van der Waals surface area contributed by atoms with Gasteiger partial charge in [0.25, 0.3) is 0 Å². The molecule has 1 rings (SSSR count). The molecule has 10 heavy (non-hydrogen) atoms. The van der Waals surface area contributed by atoms with Crippen molar-refractivity contribution in [2.75, 3.05) is 6.54 Å². The third-order valence-corrected chi connectivity index (χ3v) is 0.903. The topological polar surface area (TPSA) is 92.4 Å². The third-order valence-electron chi connectivity index (χ3n) is 0.903. The fraction of sp³-hybridized carbons (Fsp3) is 0.600. The quantitative estimate of drug-likeness (QED) is 0.431. The van der Waals surface area contributed by atoms with Crippen molar-refractivity contribution in [2.24, 2.45) is 5.73 Å². The lowest BCUT2D eigenvalue weighted by atomic mass is 10.4. The number of rotatable bonds is 0. The molecule has 0 saturated carbocycles. The van der Waals surface area contributed by atoms with Gasteiger partial charge in [-0.1, -0.05) is 0 Å². The maximum absolute atomic E-state index is 10.1. The molecule has 4 N–H and O–H groups in total. The van der Waals surface area contributed by atoms with Crippen molar-refractivity contribution in [2.45, 2.75) is 12.8 Å². The first-order valence-corrected chi connectivity index (χ1v) is 2.88. The molecule has 0 atom stereocenters. The zero-order valence-electron chi connectivity index (χ0n) is 5.46. The van der Waals surface area contributed by atoms with Gasteiger partial charge < -0.3 is 16.2 Å². The molecule has 0 aromatic heterocycles. The van der Waals surface area contributed by atoms with E-state index in [1.165, 1.54) is 0 Å². The zero-order chi connectivity index (χ0) is 7.98. The van der Waals surface area contributed by atoms with Gasteiger partial charge in [-0.05, 0) is 6.42 Å². The van der Waals surface area contributed by atoms with Crippen LogP contribution in [0.5, 0.6) is 0 Å². The summed E-state index contributed by atoms with van der Waals surface area (Å²) in [6.07, 6.45) is 0.429. The maximum atomic E-state index is 10.1. The Morgan fingerprint density at radius 2 is 2.20 bits per heavy atom. The standard InChI is InChI=1S/C4H7NO.CH3NO2/c6-4-2-1-3-5-4;2-1(3)4/h1-3H2,(H,5,6);2H2,(H,3,4). The molecule has 0 aliphatic carbocycles. The van der Waals surface area contributed by atoms with E-state index in [-0.39, 0.29) is 5.91 Å². The van der Waals surface area contributed by atoms with E-state index in [1.54, 1.807) is 0 Å². The van der Waals surface area contributed by atoms with Crippen molar-refractivity contribution in [3.8, 4) is 0 Å². The minimum atomic E-state index is -1.33. The van der Waals surface area contributed by atoms with Crippen LogP contribution in [-0.2, 0) is 4.79 Å². The SMILES string of the molecule is NC(=O)O.O=C1CCCN1. The molecule has 1 saturated heterocycles. The van der Waals surface area contributed by atoms with Gasteiger partial charge in [0, 0.05) is 13.0 Å². The van der Waals surface area contributed by atoms with Crippen LogP contribution < -0.4 is 11.1 Å². The molecule has 0 bridgehead atoms. The van der Waals surface area contributed by atoms with Crippen molar-refractivity contribution in [1.29, 1.82) is 0 Å². The lowest BCUT2D eigenvalue weighted by molar-refractivity contribution is -0.119. The van der Waals surface area contributed by atoms with Crippen LogP contribution in [0, 0.1) is 0 Å². The molecule has 5 nitrogen and oxygen atoms in total. The smallest absolute Gasteiger partial charge is 0.402 e. The number of amides is 2. The van der Waals surface area contributed by atoms with Gasteiger partial charge in [-0.15, -0.1) is 0 Å². The number of hydrogen-bond acceptors (Lipinski definition) is 2. The van der Waals surface area contributed by atoms with Gasteiger partial charge in [0.05, 0.1) is 0 Å². The summed E-state index contributed by atoms with van der Waals surface area (Å²) < 4.78 is 0. The van der Waals surface area contributed by atoms with Crippen molar-refractivity contribution >= 4 is 12.0 Å². The summed E-state index contributed by atoms with van der Waals surface area (Å²) in [4.78, 5) is 18.9. The first-order valence-electron chi connectivity index (χ1n) is 2.88. The number of hydrogen-bond donors (Lipinski definition) is 3. The van der Waals surface area contributed by atoms with Gasteiger partial charge in [-0.25, -0.2) is 4.79 Å². The van der Waals surface area contributed by atoms with E-state index in [0.717, 1.165) is 19.4 Å². The van der Waals surface area contributed by atoms with E-state index in [1.807, 2.05) is 0 Å². The molecule has 5 heteroatoms. The Labute approximate surface area is 58.2 Å². The first kappa shape index (κ1) is 8.74. The summed E-state index contributed by atoms with van der Waals surface area (Å²) >= 11 is 0. The van der Waals surface area contributed by atoms with Crippen molar-refractivity contribution in [3.63, 3.8) is 0 Å². The first-order chi connectivity index (χ1) is 4.63. The number of nitrogens with one attached hydrogen (secondary N) is 1. The van der Waals surface area contributed by atoms with Gasteiger partial charge in [0.15, 0.2) is 0 Å². The molecule has 0 aromatic rings. The van der Waals surface area contributed by atoms with E-state index in [2.05, 4.69) is 11.1 Å². The molecule has 1 aliphatic rings. The molecule has 0 aromatic carbocycles. The fourth-order valence-electron chi connectivity index (χ4n) is 0.565. The monoisotopic (exact) mass is 146 g/mol. The highest BCUT2D eigenvalue weighted by Crippen LogP contribution is 1.93. The average Bonchev–Trinajstić information content (AvgIpc) is 2.15. The molecule has 0 radical (unpaired) electrons. The van der Waals surface area contributed by atoms with Gasteiger partial charge >= 0.3 is 6.09 Å². The van der Waals surface area contributed by atoms with Gasteiger partial charge in [0.1, 0.15) is 0 Å².